The molecule has 3 aromatic carbocycles. The van der Waals surface area contributed by atoms with Crippen LogP contribution in [0.25, 0.3) is 0 Å². The van der Waals surface area contributed by atoms with E-state index in [0.29, 0.717) is 16.9 Å². The first-order valence-electron chi connectivity index (χ1n) is 9.36. The fourth-order valence-electron chi connectivity index (χ4n) is 2.61. The van der Waals surface area contributed by atoms with Crippen LogP contribution in [0, 0.1) is 0 Å². The molecular formula is C24H21NO5. The number of ether oxygens (including phenoxy) is 2. The summed E-state index contributed by atoms with van der Waals surface area (Å²) in [7, 11) is 0. The van der Waals surface area contributed by atoms with Crippen molar-refractivity contribution in [3.8, 4) is 5.75 Å². The highest BCUT2D eigenvalue weighted by molar-refractivity contribution is 6.04. The van der Waals surface area contributed by atoms with E-state index in [0.717, 1.165) is 11.3 Å². The molecule has 1 amide bonds. The Hall–Kier alpha value is -3.93. The first-order valence-corrected chi connectivity index (χ1v) is 9.36. The summed E-state index contributed by atoms with van der Waals surface area (Å²) >= 11 is 0. The zero-order chi connectivity index (χ0) is 21.3. The van der Waals surface area contributed by atoms with Crippen molar-refractivity contribution in [3.63, 3.8) is 0 Å². The summed E-state index contributed by atoms with van der Waals surface area (Å²) in [5, 5.41) is 2.81. The summed E-state index contributed by atoms with van der Waals surface area (Å²) in [6.07, 6.45) is 0. The Bertz CT molecular complexity index is 1010. The van der Waals surface area contributed by atoms with Crippen LogP contribution < -0.4 is 10.1 Å². The first kappa shape index (κ1) is 20.8. The van der Waals surface area contributed by atoms with E-state index in [2.05, 4.69) is 5.32 Å². The fourth-order valence-corrected chi connectivity index (χ4v) is 2.61. The van der Waals surface area contributed by atoms with Crippen molar-refractivity contribution in [2.24, 2.45) is 0 Å². The summed E-state index contributed by atoms with van der Waals surface area (Å²) < 4.78 is 10.5. The van der Waals surface area contributed by atoms with Crippen LogP contribution in [-0.2, 0) is 16.1 Å². The highest BCUT2D eigenvalue weighted by Gasteiger charge is 2.08. The van der Waals surface area contributed by atoms with Gasteiger partial charge >= 0.3 is 5.97 Å². The molecule has 0 fully saturated rings. The molecular weight excluding hydrogens is 382 g/mol. The van der Waals surface area contributed by atoms with Crippen molar-refractivity contribution in [2.75, 3.05) is 11.9 Å². The van der Waals surface area contributed by atoms with Gasteiger partial charge in [-0.15, -0.1) is 0 Å². The summed E-state index contributed by atoms with van der Waals surface area (Å²) in [5.41, 5.74) is 2.55. The van der Waals surface area contributed by atoms with Crippen LogP contribution in [0.1, 0.15) is 33.2 Å². The van der Waals surface area contributed by atoms with E-state index < -0.39 is 5.97 Å². The lowest BCUT2D eigenvalue weighted by Crippen LogP contribution is -2.15. The molecule has 0 saturated carbocycles. The molecule has 0 unspecified atom stereocenters. The molecule has 0 radical (unpaired) electrons. The predicted molar refractivity (Wildman–Crippen MR) is 113 cm³/mol. The smallest absolute Gasteiger partial charge is 0.344 e. The summed E-state index contributed by atoms with van der Waals surface area (Å²) in [5.74, 6) is -0.291. The van der Waals surface area contributed by atoms with Gasteiger partial charge in [-0.05, 0) is 61.0 Å². The third-order valence-electron chi connectivity index (χ3n) is 4.27. The van der Waals surface area contributed by atoms with Crippen molar-refractivity contribution in [1.82, 2.24) is 0 Å². The number of Topliss-reactive ketones (excluding diaryl/α,β-unsaturated/α-hetero) is 1. The van der Waals surface area contributed by atoms with Crippen LogP contribution in [0.15, 0.2) is 78.9 Å². The van der Waals surface area contributed by atoms with E-state index in [1.165, 1.54) is 6.92 Å². The standard InChI is InChI=1S/C24H21NO5/c1-17(26)19-11-13-22(14-12-19)29-16-23(27)30-15-18-7-9-20(10-8-18)24(28)25-21-5-3-2-4-6-21/h2-14H,15-16H2,1H3,(H,25,28). The Labute approximate surface area is 174 Å². The topological polar surface area (TPSA) is 81.7 Å². The summed E-state index contributed by atoms with van der Waals surface area (Å²) in [6.45, 7) is 1.32. The number of esters is 1. The molecule has 0 heterocycles. The zero-order valence-corrected chi connectivity index (χ0v) is 16.5. The van der Waals surface area contributed by atoms with Gasteiger partial charge in [0.15, 0.2) is 12.4 Å². The lowest BCUT2D eigenvalue weighted by atomic mass is 10.1. The van der Waals surface area contributed by atoms with Crippen LogP contribution in [0.4, 0.5) is 5.69 Å². The third kappa shape index (κ3) is 6.04. The van der Waals surface area contributed by atoms with Gasteiger partial charge in [0.1, 0.15) is 12.4 Å². The normalized spacial score (nSPS) is 10.2. The molecule has 6 heteroatoms. The Morgan fingerprint density at radius 1 is 0.800 bits per heavy atom. The van der Waals surface area contributed by atoms with Gasteiger partial charge in [-0.1, -0.05) is 30.3 Å². The van der Waals surface area contributed by atoms with Crippen LogP contribution in [0.3, 0.4) is 0 Å². The van der Waals surface area contributed by atoms with Gasteiger partial charge in [0.05, 0.1) is 0 Å². The molecule has 3 aromatic rings. The zero-order valence-electron chi connectivity index (χ0n) is 16.5. The number of anilines is 1. The Morgan fingerprint density at radius 2 is 1.43 bits per heavy atom. The summed E-state index contributed by atoms with van der Waals surface area (Å²) in [4.78, 5) is 35.4. The second-order valence-corrected chi connectivity index (χ2v) is 6.55. The molecule has 0 aliphatic heterocycles. The Balaban J connectivity index is 1.44. The number of nitrogens with one attached hydrogen (secondary N) is 1. The fraction of sp³-hybridized carbons (Fsp3) is 0.125. The van der Waals surface area contributed by atoms with Crippen LogP contribution in [-0.4, -0.2) is 24.3 Å². The maximum absolute atomic E-state index is 12.2. The number of carbonyl (C=O) groups excluding carboxylic acids is 3. The second kappa shape index (κ2) is 10.0. The molecule has 6 nitrogen and oxygen atoms in total. The molecule has 0 aliphatic carbocycles. The van der Waals surface area contributed by atoms with E-state index in [9.17, 15) is 14.4 Å². The molecule has 0 aliphatic rings. The number of hydrogen-bond acceptors (Lipinski definition) is 5. The number of para-hydroxylation sites is 1. The number of rotatable bonds is 8. The van der Waals surface area contributed by atoms with Gasteiger partial charge in [0.25, 0.3) is 5.91 Å². The predicted octanol–water partition coefficient (Wildman–Crippen LogP) is 4.26. The van der Waals surface area contributed by atoms with E-state index in [-0.39, 0.29) is 24.9 Å². The highest BCUT2D eigenvalue weighted by Crippen LogP contribution is 2.13. The quantitative estimate of drug-likeness (QED) is 0.449. The van der Waals surface area contributed by atoms with Gasteiger partial charge in [-0.3, -0.25) is 9.59 Å². The van der Waals surface area contributed by atoms with Crippen molar-refractivity contribution in [2.45, 2.75) is 13.5 Å². The van der Waals surface area contributed by atoms with Crippen molar-refractivity contribution < 1.29 is 23.9 Å². The monoisotopic (exact) mass is 403 g/mol. The second-order valence-electron chi connectivity index (χ2n) is 6.55. The molecule has 3 rings (SSSR count). The van der Waals surface area contributed by atoms with Gasteiger partial charge in [-0.2, -0.15) is 0 Å². The number of carbonyl (C=O) groups is 3. The largest absolute Gasteiger partial charge is 0.482 e. The van der Waals surface area contributed by atoms with Gasteiger partial charge in [0.2, 0.25) is 0 Å². The Morgan fingerprint density at radius 3 is 2.07 bits per heavy atom. The third-order valence-corrected chi connectivity index (χ3v) is 4.27. The molecule has 0 aromatic heterocycles. The molecule has 1 N–H and O–H groups in total. The minimum absolute atomic E-state index is 0.0375. The van der Waals surface area contributed by atoms with E-state index in [4.69, 9.17) is 9.47 Å². The molecule has 0 saturated heterocycles. The number of benzene rings is 3. The first-order chi connectivity index (χ1) is 14.5. The van der Waals surface area contributed by atoms with Crippen molar-refractivity contribution >= 4 is 23.3 Å². The lowest BCUT2D eigenvalue weighted by molar-refractivity contribution is -0.147. The number of amides is 1. The average molecular weight is 403 g/mol. The maximum atomic E-state index is 12.2. The van der Waals surface area contributed by atoms with E-state index >= 15 is 0 Å². The highest BCUT2D eigenvalue weighted by atomic mass is 16.6. The minimum Gasteiger partial charge on any atom is -0.482 e. The maximum Gasteiger partial charge on any atom is 0.344 e. The molecule has 0 atom stereocenters. The van der Waals surface area contributed by atoms with Crippen molar-refractivity contribution in [3.05, 3.63) is 95.6 Å². The average Bonchev–Trinajstić information content (AvgIpc) is 2.77. The van der Waals surface area contributed by atoms with Gasteiger partial charge in [-0.25, -0.2) is 4.79 Å². The van der Waals surface area contributed by atoms with Crippen LogP contribution in [0.2, 0.25) is 0 Å². The lowest BCUT2D eigenvalue weighted by Gasteiger charge is -2.08. The SMILES string of the molecule is CC(=O)c1ccc(OCC(=O)OCc2ccc(C(=O)Nc3ccccc3)cc2)cc1. The molecule has 0 spiro atoms. The Kier molecular flexibility index (Phi) is 6.95. The van der Waals surface area contributed by atoms with E-state index in [1.807, 2.05) is 30.3 Å². The molecule has 30 heavy (non-hydrogen) atoms. The summed E-state index contributed by atoms with van der Waals surface area (Å²) in [6, 6.07) is 22.5. The number of hydrogen-bond donors (Lipinski definition) is 1. The van der Waals surface area contributed by atoms with Crippen LogP contribution >= 0.6 is 0 Å². The number of ketones is 1. The van der Waals surface area contributed by atoms with Gasteiger partial charge < -0.3 is 14.8 Å². The van der Waals surface area contributed by atoms with E-state index in [1.54, 1.807) is 48.5 Å². The minimum atomic E-state index is -0.517. The van der Waals surface area contributed by atoms with Crippen molar-refractivity contribution in [1.29, 1.82) is 0 Å². The molecule has 0 bridgehead atoms. The van der Waals surface area contributed by atoms with Gasteiger partial charge in [0, 0.05) is 16.8 Å². The molecule has 152 valence electrons. The van der Waals surface area contributed by atoms with Crippen LogP contribution in [0.5, 0.6) is 5.75 Å².